The van der Waals surface area contributed by atoms with Crippen LogP contribution in [0.5, 0.6) is 17.2 Å². The van der Waals surface area contributed by atoms with Gasteiger partial charge in [0.15, 0.2) is 11.5 Å². The molecule has 1 saturated heterocycles. The summed E-state index contributed by atoms with van der Waals surface area (Å²) in [5.74, 6) is 0.833. The highest BCUT2D eigenvalue weighted by atomic mass is 16.5. The lowest BCUT2D eigenvalue weighted by atomic mass is 9.77. The third kappa shape index (κ3) is 4.54. The molecule has 0 radical (unpaired) electrons. The first kappa shape index (κ1) is 22.0. The Kier molecular flexibility index (Phi) is 6.56. The smallest absolute Gasteiger partial charge is 0.338 e. The van der Waals surface area contributed by atoms with Crippen LogP contribution in [0.15, 0.2) is 42.5 Å². The van der Waals surface area contributed by atoms with Crippen molar-refractivity contribution in [1.82, 2.24) is 5.32 Å². The van der Waals surface area contributed by atoms with E-state index in [1.165, 1.54) is 21.3 Å². The number of hydrogen-bond donors (Lipinski definition) is 1. The fraction of sp³-hybridized carbons (Fsp3) is 0.458. The number of nitrogens with one attached hydrogen (secondary N) is 1. The molecule has 162 valence electrons. The van der Waals surface area contributed by atoms with Crippen LogP contribution in [-0.2, 0) is 10.3 Å². The summed E-state index contributed by atoms with van der Waals surface area (Å²) in [4.78, 5) is 13.0. The van der Waals surface area contributed by atoms with Crippen molar-refractivity contribution < 1.29 is 23.7 Å². The van der Waals surface area contributed by atoms with Crippen LogP contribution in [0.3, 0.4) is 0 Å². The molecule has 1 N–H and O–H groups in total. The second kappa shape index (κ2) is 8.96. The fourth-order valence-corrected chi connectivity index (χ4v) is 4.24. The van der Waals surface area contributed by atoms with E-state index < -0.39 is 11.5 Å². The van der Waals surface area contributed by atoms with Crippen LogP contribution in [0.25, 0.3) is 0 Å². The molecule has 1 aliphatic heterocycles. The molecule has 1 heterocycles. The van der Waals surface area contributed by atoms with Crippen LogP contribution >= 0.6 is 0 Å². The maximum absolute atomic E-state index is 13.0. The summed E-state index contributed by atoms with van der Waals surface area (Å²) in [6.07, 6.45) is 3.02. The minimum absolute atomic E-state index is 0.0486. The molecule has 2 aromatic rings. The summed E-state index contributed by atoms with van der Waals surface area (Å²) in [6.45, 7) is 4.60. The average molecular weight is 414 g/mol. The fourth-order valence-electron chi connectivity index (χ4n) is 4.24. The molecule has 6 heteroatoms. The number of ether oxygens (including phenoxy) is 4. The van der Waals surface area contributed by atoms with Gasteiger partial charge in [-0.05, 0) is 50.8 Å². The molecule has 3 rings (SSSR count). The summed E-state index contributed by atoms with van der Waals surface area (Å²) < 4.78 is 21.9. The van der Waals surface area contributed by atoms with Crippen LogP contribution in [0.2, 0.25) is 0 Å². The number of benzene rings is 2. The molecule has 1 aliphatic rings. The van der Waals surface area contributed by atoms with E-state index >= 15 is 0 Å². The van der Waals surface area contributed by atoms with E-state index in [4.69, 9.17) is 18.9 Å². The van der Waals surface area contributed by atoms with Crippen molar-refractivity contribution >= 4 is 5.97 Å². The van der Waals surface area contributed by atoms with Gasteiger partial charge in [0.2, 0.25) is 5.75 Å². The Morgan fingerprint density at radius 1 is 0.967 bits per heavy atom. The zero-order valence-corrected chi connectivity index (χ0v) is 18.4. The van der Waals surface area contributed by atoms with E-state index in [0.717, 1.165) is 24.8 Å². The topological polar surface area (TPSA) is 66.0 Å². The molecule has 0 saturated carbocycles. The predicted molar refractivity (Wildman–Crippen MR) is 116 cm³/mol. The number of esters is 1. The molecule has 1 unspecified atom stereocenters. The van der Waals surface area contributed by atoms with Gasteiger partial charge in [0.05, 0.1) is 32.4 Å². The highest BCUT2D eigenvalue weighted by Crippen LogP contribution is 2.39. The first-order chi connectivity index (χ1) is 14.3. The van der Waals surface area contributed by atoms with Crippen LogP contribution in [0.1, 0.15) is 49.0 Å². The molecule has 1 atom stereocenters. The largest absolute Gasteiger partial charge is 0.493 e. The van der Waals surface area contributed by atoms with E-state index in [1.54, 1.807) is 12.1 Å². The van der Waals surface area contributed by atoms with E-state index in [9.17, 15) is 4.79 Å². The van der Waals surface area contributed by atoms with Gasteiger partial charge in [0, 0.05) is 5.54 Å². The van der Waals surface area contributed by atoms with Gasteiger partial charge in [-0.3, -0.25) is 5.32 Å². The molecule has 0 amide bonds. The van der Waals surface area contributed by atoms with Gasteiger partial charge in [0.1, 0.15) is 6.61 Å². The van der Waals surface area contributed by atoms with E-state index in [1.807, 2.05) is 18.2 Å². The molecular weight excluding hydrogens is 382 g/mol. The van der Waals surface area contributed by atoms with Crippen LogP contribution < -0.4 is 19.5 Å². The molecule has 0 spiro atoms. The molecule has 0 bridgehead atoms. The summed E-state index contributed by atoms with van der Waals surface area (Å²) in [6, 6.07) is 13.4. The van der Waals surface area contributed by atoms with Crippen molar-refractivity contribution in [1.29, 1.82) is 0 Å². The monoisotopic (exact) mass is 413 g/mol. The van der Waals surface area contributed by atoms with E-state index in [-0.39, 0.29) is 12.1 Å². The lowest BCUT2D eigenvalue weighted by Gasteiger charge is -2.46. The average Bonchev–Trinajstić information content (AvgIpc) is 2.76. The number of methoxy groups -OCH3 is 3. The zero-order chi connectivity index (χ0) is 21.8. The Bertz CT molecular complexity index is 855. The van der Waals surface area contributed by atoms with Gasteiger partial charge >= 0.3 is 5.97 Å². The number of carbonyl (C=O) groups is 1. The minimum atomic E-state index is -0.435. The maximum Gasteiger partial charge on any atom is 0.338 e. The van der Waals surface area contributed by atoms with Gasteiger partial charge in [-0.1, -0.05) is 30.3 Å². The summed E-state index contributed by atoms with van der Waals surface area (Å²) in [5, 5.41) is 3.75. The van der Waals surface area contributed by atoms with Gasteiger partial charge in [-0.2, -0.15) is 0 Å². The second-order valence-electron chi connectivity index (χ2n) is 8.30. The summed E-state index contributed by atoms with van der Waals surface area (Å²) >= 11 is 0. The lowest BCUT2D eigenvalue weighted by molar-refractivity contribution is 0.0212. The van der Waals surface area contributed by atoms with Crippen molar-refractivity contribution in [3.63, 3.8) is 0 Å². The quantitative estimate of drug-likeness (QED) is 0.682. The maximum atomic E-state index is 13.0. The Labute approximate surface area is 178 Å². The Morgan fingerprint density at radius 2 is 1.60 bits per heavy atom. The number of piperidine rings is 1. The zero-order valence-electron chi connectivity index (χ0n) is 18.4. The van der Waals surface area contributed by atoms with Crippen LogP contribution in [0, 0.1) is 0 Å². The lowest BCUT2D eigenvalue weighted by Crippen LogP contribution is -2.58. The van der Waals surface area contributed by atoms with Crippen molar-refractivity contribution in [2.45, 2.75) is 44.2 Å². The van der Waals surface area contributed by atoms with Gasteiger partial charge < -0.3 is 18.9 Å². The van der Waals surface area contributed by atoms with Crippen LogP contribution in [-0.4, -0.2) is 39.4 Å². The first-order valence-corrected chi connectivity index (χ1v) is 10.2. The minimum Gasteiger partial charge on any atom is -0.493 e. The molecule has 2 aromatic carbocycles. The number of carbonyl (C=O) groups excluding carboxylic acids is 1. The molecule has 0 aromatic heterocycles. The van der Waals surface area contributed by atoms with E-state index in [0.29, 0.717) is 22.8 Å². The standard InChI is InChI=1S/C24H31NO5/c1-23(2)12-9-13-24(25-23,18-10-7-6-8-11-18)16-30-22(26)17-14-19(27-3)21(29-5)20(15-17)28-4/h6-8,10-11,14-15,25H,9,12-13,16H2,1-5H3. The normalized spacial score (nSPS) is 20.3. The SMILES string of the molecule is COc1cc(C(=O)OCC2(c3ccccc3)CCCC(C)(C)N2)cc(OC)c1OC. The number of rotatable bonds is 7. The van der Waals surface area contributed by atoms with Crippen molar-refractivity contribution in [3.8, 4) is 17.2 Å². The van der Waals surface area contributed by atoms with Crippen molar-refractivity contribution in [3.05, 3.63) is 53.6 Å². The van der Waals surface area contributed by atoms with Gasteiger partial charge in [0.25, 0.3) is 0 Å². The van der Waals surface area contributed by atoms with Crippen LogP contribution in [0.4, 0.5) is 0 Å². The molecular formula is C24H31NO5. The third-order valence-corrected chi connectivity index (χ3v) is 5.66. The van der Waals surface area contributed by atoms with Gasteiger partial charge in [-0.15, -0.1) is 0 Å². The van der Waals surface area contributed by atoms with E-state index in [2.05, 4.69) is 31.3 Å². The Balaban J connectivity index is 1.87. The third-order valence-electron chi connectivity index (χ3n) is 5.66. The Hall–Kier alpha value is -2.73. The number of hydrogen-bond acceptors (Lipinski definition) is 6. The first-order valence-electron chi connectivity index (χ1n) is 10.2. The van der Waals surface area contributed by atoms with Crippen molar-refractivity contribution in [2.75, 3.05) is 27.9 Å². The highest BCUT2D eigenvalue weighted by molar-refractivity contribution is 5.91. The molecule has 6 nitrogen and oxygen atoms in total. The highest BCUT2D eigenvalue weighted by Gasteiger charge is 2.41. The molecule has 30 heavy (non-hydrogen) atoms. The predicted octanol–water partition coefficient (Wildman–Crippen LogP) is 4.32. The second-order valence-corrected chi connectivity index (χ2v) is 8.30. The molecule has 1 fully saturated rings. The van der Waals surface area contributed by atoms with Gasteiger partial charge in [-0.25, -0.2) is 4.79 Å². The molecule has 0 aliphatic carbocycles. The Morgan fingerprint density at radius 3 is 2.13 bits per heavy atom. The summed E-state index contributed by atoms with van der Waals surface area (Å²) in [7, 11) is 4.56. The van der Waals surface area contributed by atoms with Crippen molar-refractivity contribution in [2.24, 2.45) is 0 Å². The summed E-state index contributed by atoms with van der Waals surface area (Å²) in [5.41, 5.74) is 0.991.